The Morgan fingerprint density at radius 2 is 1.87 bits per heavy atom. The lowest BCUT2D eigenvalue weighted by Crippen LogP contribution is -2.35. The summed E-state index contributed by atoms with van der Waals surface area (Å²) in [4.78, 5) is 6.51. The molecule has 0 aliphatic carbocycles. The predicted octanol–water partition coefficient (Wildman–Crippen LogP) is 3.16. The summed E-state index contributed by atoms with van der Waals surface area (Å²) < 4.78 is 30.4. The number of nitrogens with two attached hydrogens (primary N) is 1. The first-order valence-corrected chi connectivity index (χ1v) is 10.9. The summed E-state index contributed by atoms with van der Waals surface area (Å²) >= 11 is 0. The summed E-state index contributed by atoms with van der Waals surface area (Å²) in [7, 11) is -3.40. The molecule has 0 unspecified atom stereocenters. The van der Waals surface area contributed by atoms with Crippen molar-refractivity contribution < 1.29 is 12.9 Å². The van der Waals surface area contributed by atoms with Gasteiger partial charge in [0.05, 0.1) is 10.6 Å². The molecule has 2 heterocycles. The van der Waals surface area contributed by atoms with Crippen LogP contribution in [0.25, 0.3) is 11.4 Å². The second-order valence-electron chi connectivity index (χ2n) is 6.96. The predicted molar refractivity (Wildman–Crippen MR) is 115 cm³/mol. The zero-order valence-corrected chi connectivity index (χ0v) is 17.7. The van der Waals surface area contributed by atoms with E-state index in [2.05, 4.69) is 10.1 Å². The zero-order chi connectivity index (χ0) is 20.4. The van der Waals surface area contributed by atoms with Crippen LogP contribution in [-0.2, 0) is 15.6 Å². The van der Waals surface area contributed by atoms with Crippen LogP contribution in [0.1, 0.15) is 30.3 Å². The van der Waals surface area contributed by atoms with Crippen molar-refractivity contribution in [2.24, 2.45) is 5.73 Å². The molecule has 1 aromatic heterocycles. The van der Waals surface area contributed by atoms with Gasteiger partial charge in [0.2, 0.25) is 11.7 Å². The Morgan fingerprint density at radius 3 is 2.53 bits per heavy atom. The summed E-state index contributed by atoms with van der Waals surface area (Å²) in [6.07, 6.45) is 1.71. The van der Waals surface area contributed by atoms with Crippen LogP contribution in [0.4, 0.5) is 0 Å². The third kappa shape index (κ3) is 4.47. The molecule has 0 spiro atoms. The van der Waals surface area contributed by atoms with Crippen LogP contribution < -0.4 is 5.73 Å². The van der Waals surface area contributed by atoms with Crippen molar-refractivity contribution in [3.63, 3.8) is 0 Å². The van der Waals surface area contributed by atoms with E-state index in [1.807, 2.05) is 0 Å². The number of guanidine groups is 1. The van der Waals surface area contributed by atoms with Crippen LogP contribution in [0, 0.1) is 5.41 Å². The number of nitrogens with zero attached hydrogens (tertiary/aromatic N) is 3. The van der Waals surface area contributed by atoms with Gasteiger partial charge in [-0.25, -0.2) is 8.42 Å². The molecule has 0 bridgehead atoms. The van der Waals surface area contributed by atoms with E-state index in [4.69, 9.17) is 15.7 Å². The molecule has 30 heavy (non-hydrogen) atoms. The fraction of sp³-hybridized carbons (Fsp3) is 0.250. The smallest absolute Gasteiger partial charge is 0.249 e. The minimum Gasteiger partial charge on any atom is -0.370 e. The molecule has 1 aliphatic heterocycles. The van der Waals surface area contributed by atoms with Crippen LogP contribution in [0.3, 0.4) is 0 Å². The fourth-order valence-corrected chi connectivity index (χ4v) is 4.85. The Labute approximate surface area is 180 Å². The largest absolute Gasteiger partial charge is 0.370 e. The number of nitrogens with one attached hydrogen (secondary N) is 1. The van der Waals surface area contributed by atoms with E-state index in [0.717, 1.165) is 18.4 Å². The van der Waals surface area contributed by atoms with Gasteiger partial charge in [-0.2, -0.15) is 4.98 Å². The molecule has 3 N–H and O–H groups in total. The Hall–Kier alpha value is -2.91. The van der Waals surface area contributed by atoms with Gasteiger partial charge in [0.25, 0.3) is 0 Å². The number of benzene rings is 2. The summed E-state index contributed by atoms with van der Waals surface area (Å²) in [5, 5.41) is 11.7. The Morgan fingerprint density at radius 1 is 1.17 bits per heavy atom. The van der Waals surface area contributed by atoms with Gasteiger partial charge in [-0.05, 0) is 30.5 Å². The molecule has 0 saturated carbocycles. The second kappa shape index (κ2) is 8.85. The van der Waals surface area contributed by atoms with Gasteiger partial charge in [0, 0.05) is 12.1 Å². The topological polar surface area (TPSA) is 126 Å². The summed E-state index contributed by atoms with van der Waals surface area (Å²) in [6, 6.07) is 15.3. The molecule has 0 amide bonds. The third-order valence-corrected chi connectivity index (χ3v) is 6.66. The molecular weight excluding hydrogens is 426 g/mol. The highest BCUT2D eigenvalue weighted by atomic mass is 35.5. The molecule has 1 atom stereocenters. The quantitative estimate of drug-likeness (QED) is 0.454. The van der Waals surface area contributed by atoms with Gasteiger partial charge < -0.3 is 15.2 Å². The number of halogens is 1. The lowest BCUT2D eigenvalue weighted by Gasteiger charge is -2.21. The number of aromatic nitrogens is 2. The van der Waals surface area contributed by atoms with E-state index in [9.17, 15) is 8.42 Å². The van der Waals surface area contributed by atoms with Crippen LogP contribution in [-0.4, -0.2) is 36.0 Å². The Balaban J connectivity index is 0.00000256. The lowest BCUT2D eigenvalue weighted by molar-refractivity contribution is 0.283. The molecule has 158 valence electrons. The Kier molecular flexibility index (Phi) is 6.42. The summed E-state index contributed by atoms with van der Waals surface area (Å²) in [6.45, 7) is 0.697. The number of likely N-dealkylation sites (tertiary alicyclic amines) is 1. The second-order valence-corrected chi connectivity index (χ2v) is 8.95. The van der Waals surface area contributed by atoms with Crippen LogP contribution in [0.5, 0.6) is 0 Å². The maximum atomic E-state index is 12.5. The molecule has 0 radical (unpaired) electrons. The standard InChI is InChI=1S/C20H21N5O3S.ClH/c21-20(22)25-12-4-7-17(25)19-23-18(24-28-19)15-10-8-14(9-11-15)13-29(26,27)16-5-2-1-3-6-16;/h1-3,5-6,8-11,17H,4,7,12-13H2,(H3,21,22);1H/t17-;/m0./s1. The maximum Gasteiger partial charge on any atom is 0.249 e. The molecule has 4 rings (SSSR count). The normalized spacial score (nSPS) is 16.3. The minimum absolute atomic E-state index is 0. The van der Waals surface area contributed by atoms with E-state index in [-0.39, 0.29) is 30.2 Å². The molecule has 1 fully saturated rings. The molecule has 8 nitrogen and oxygen atoms in total. The van der Waals surface area contributed by atoms with E-state index in [0.29, 0.717) is 28.7 Å². The first-order valence-electron chi connectivity index (χ1n) is 9.25. The first kappa shape index (κ1) is 21.8. The van der Waals surface area contributed by atoms with E-state index in [1.165, 1.54) is 0 Å². The molecule has 3 aromatic rings. The van der Waals surface area contributed by atoms with E-state index in [1.54, 1.807) is 59.5 Å². The molecule has 10 heteroatoms. The average Bonchev–Trinajstić information content (AvgIpc) is 3.38. The molecule has 1 aliphatic rings. The van der Waals surface area contributed by atoms with Gasteiger partial charge in [-0.1, -0.05) is 47.6 Å². The van der Waals surface area contributed by atoms with Crippen molar-refractivity contribution in [2.45, 2.75) is 29.5 Å². The number of hydrogen-bond acceptors (Lipinski definition) is 6. The van der Waals surface area contributed by atoms with Crippen molar-refractivity contribution in [3.8, 4) is 11.4 Å². The van der Waals surface area contributed by atoms with Gasteiger partial charge in [0.1, 0.15) is 6.04 Å². The number of hydrogen-bond donors (Lipinski definition) is 2. The fourth-order valence-electron chi connectivity index (χ4n) is 3.48. The van der Waals surface area contributed by atoms with Crippen molar-refractivity contribution in [2.75, 3.05) is 6.54 Å². The average molecular weight is 448 g/mol. The van der Waals surface area contributed by atoms with Gasteiger partial charge in [0.15, 0.2) is 15.8 Å². The molecule has 1 saturated heterocycles. The molecule has 2 aromatic carbocycles. The number of sulfone groups is 1. The van der Waals surface area contributed by atoms with Crippen molar-refractivity contribution in [1.82, 2.24) is 15.0 Å². The maximum absolute atomic E-state index is 12.5. The summed E-state index contributed by atoms with van der Waals surface area (Å²) in [5.74, 6) is 0.775. The van der Waals surface area contributed by atoms with Gasteiger partial charge in [-0.15, -0.1) is 12.4 Å². The van der Waals surface area contributed by atoms with Crippen molar-refractivity contribution >= 4 is 28.2 Å². The number of rotatable bonds is 5. The van der Waals surface area contributed by atoms with E-state index < -0.39 is 9.84 Å². The third-order valence-electron chi connectivity index (χ3n) is 4.96. The highest BCUT2D eigenvalue weighted by Crippen LogP contribution is 2.31. The highest BCUT2D eigenvalue weighted by molar-refractivity contribution is 7.90. The van der Waals surface area contributed by atoms with Crippen LogP contribution in [0.2, 0.25) is 0 Å². The first-order chi connectivity index (χ1) is 13.9. The van der Waals surface area contributed by atoms with E-state index >= 15 is 0 Å². The zero-order valence-electron chi connectivity index (χ0n) is 16.1. The van der Waals surface area contributed by atoms with Gasteiger partial charge >= 0.3 is 0 Å². The van der Waals surface area contributed by atoms with Gasteiger partial charge in [-0.3, -0.25) is 5.41 Å². The lowest BCUT2D eigenvalue weighted by atomic mass is 10.1. The summed E-state index contributed by atoms with van der Waals surface area (Å²) in [5.41, 5.74) is 7.03. The van der Waals surface area contributed by atoms with Crippen LogP contribution in [0.15, 0.2) is 64.0 Å². The minimum atomic E-state index is -3.40. The Bertz CT molecular complexity index is 1120. The van der Waals surface area contributed by atoms with Crippen molar-refractivity contribution in [3.05, 3.63) is 66.1 Å². The van der Waals surface area contributed by atoms with Crippen molar-refractivity contribution in [1.29, 1.82) is 5.41 Å². The highest BCUT2D eigenvalue weighted by Gasteiger charge is 2.31. The van der Waals surface area contributed by atoms with Crippen LogP contribution >= 0.6 is 12.4 Å². The SMILES string of the molecule is Cl.N=C(N)N1CCC[C@H]1c1nc(-c2ccc(CS(=O)(=O)c3ccccc3)cc2)no1. The monoisotopic (exact) mass is 447 g/mol. The molecular formula is C20H22ClN5O3S.